The van der Waals surface area contributed by atoms with Gasteiger partial charge in [-0.2, -0.15) is 39.5 Å². The van der Waals surface area contributed by atoms with Gasteiger partial charge < -0.3 is 12.9 Å². The van der Waals surface area contributed by atoms with Crippen LogP contribution in [0, 0.1) is 0 Å². The van der Waals surface area contributed by atoms with E-state index in [0.29, 0.717) is 0 Å². The molecule has 20 heavy (non-hydrogen) atoms. The Morgan fingerprint density at radius 2 is 1.05 bits per heavy atom. The quantitative estimate of drug-likeness (QED) is 0.518. The van der Waals surface area contributed by atoms with Gasteiger partial charge >= 0.3 is 30.9 Å². The van der Waals surface area contributed by atoms with Crippen molar-refractivity contribution >= 4 is 6.98 Å². The SMILES string of the molecule is F/C(=C/[B-](F)(F)F)C(F)(F)C(F)(F)C(F)(F)C(F)(F)F. The van der Waals surface area contributed by atoms with Crippen molar-refractivity contribution in [2.45, 2.75) is 23.9 Å². The van der Waals surface area contributed by atoms with Crippen molar-refractivity contribution in [2.24, 2.45) is 0 Å². The summed E-state index contributed by atoms with van der Waals surface area (Å²) in [6.07, 6.45) is -7.23. The van der Waals surface area contributed by atoms with Gasteiger partial charge in [-0.25, -0.2) is 4.39 Å². The summed E-state index contributed by atoms with van der Waals surface area (Å²) in [4.78, 5) is 0. The van der Waals surface area contributed by atoms with Gasteiger partial charge in [0.1, 0.15) is 5.83 Å². The lowest BCUT2D eigenvalue weighted by atomic mass is 9.88. The molecule has 0 bridgehead atoms. The van der Waals surface area contributed by atoms with E-state index in [9.17, 15) is 56.9 Å². The van der Waals surface area contributed by atoms with Gasteiger partial charge in [0.15, 0.2) is 0 Å². The lowest BCUT2D eigenvalue weighted by molar-refractivity contribution is -0.391. The topological polar surface area (TPSA) is 0 Å². The average Bonchev–Trinajstić information content (AvgIpc) is 2.12. The van der Waals surface area contributed by atoms with Crippen LogP contribution in [0.1, 0.15) is 0 Å². The van der Waals surface area contributed by atoms with E-state index in [-0.39, 0.29) is 0 Å². The molecule has 0 unspecified atom stereocenters. The fraction of sp³-hybridized carbons (Fsp3) is 0.667. The predicted octanol–water partition coefficient (Wildman–Crippen LogP) is 4.69. The molecule has 0 atom stereocenters. The van der Waals surface area contributed by atoms with E-state index >= 15 is 0 Å². The zero-order valence-corrected chi connectivity index (χ0v) is 8.57. The zero-order chi connectivity index (χ0) is 16.8. The number of hydrogen-bond acceptors (Lipinski definition) is 0. The zero-order valence-electron chi connectivity index (χ0n) is 8.57. The number of allylic oxidation sites excluding steroid dienone is 1. The Labute approximate surface area is 101 Å². The Morgan fingerprint density at radius 3 is 1.30 bits per heavy atom. The van der Waals surface area contributed by atoms with Crippen LogP contribution in [-0.4, -0.2) is 30.9 Å². The van der Waals surface area contributed by atoms with Crippen molar-refractivity contribution in [3.05, 3.63) is 11.8 Å². The number of hydrogen-bond donors (Lipinski definition) is 0. The first-order valence-electron chi connectivity index (χ1n) is 4.17. The van der Waals surface area contributed by atoms with Crippen molar-refractivity contribution < 1.29 is 56.9 Å². The van der Waals surface area contributed by atoms with Crippen molar-refractivity contribution in [3.8, 4) is 0 Å². The molecule has 0 radical (unpaired) electrons. The maximum Gasteiger partial charge on any atom is 0.505 e. The van der Waals surface area contributed by atoms with E-state index in [1.165, 1.54) is 0 Å². The molecular weight excluding hydrogens is 330 g/mol. The van der Waals surface area contributed by atoms with Gasteiger partial charge in [-0.15, -0.1) is 5.98 Å². The Kier molecular flexibility index (Phi) is 4.46. The third kappa shape index (κ3) is 3.14. The molecule has 0 aromatic heterocycles. The molecule has 0 spiro atoms. The maximum absolute atomic E-state index is 12.5. The minimum Gasteiger partial charge on any atom is -0.445 e. The normalized spacial score (nSPS) is 16.6. The van der Waals surface area contributed by atoms with Crippen molar-refractivity contribution in [1.29, 1.82) is 0 Å². The largest absolute Gasteiger partial charge is 0.505 e. The van der Waals surface area contributed by atoms with Crippen LogP contribution in [0.5, 0.6) is 0 Å². The van der Waals surface area contributed by atoms with Crippen LogP contribution in [-0.2, 0) is 0 Å². The Morgan fingerprint density at radius 1 is 0.700 bits per heavy atom. The molecule has 0 amide bonds. The number of alkyl halides is 9. The van der Waals surface area contributed by atoms with Crippen LogP contribution < -0.4 is 0 Å². The molecule has 0 rings (SSSR count). The van der Waals surface area contributed by atoms with Gasteiger partial charge in [-0.3, -0.25) is 0 Å². The van der Waals surface area contributed by atoms with Crippen LogP contribution in [0.3, 0.4) is 0 Å². The molecule has 0 aliphatic heterocycles. The molecule has 0 saturated carbocycles. The maximum atomic E-state index is 12.5. The van der Waals surface area contributed by atoms with Gasteiger partial charge in [0.2, 0.25) is 0 Å². The summed E-state index contributed by atoms with van der Waals surface area (Å²) in [5.41, 5.74) is 0. The lowest BCUT2D eigenvalue weighted by Gasteiger charge is -2.33. The Balaban J connectivity index is 5.89. The Hall–Kier alpha value is -1.11. The highest BCUT2D eigenvalue weighted by Crippen LogP contribution is 2.55. The Bertz CT molecular complexity index is 385. The molecular formula is C6HBF13-. The van der Waals surface area contributed by atoms with E-state index in [0.717, 1.165) is 0 Å². The highest BCUT2D eigenvalue weighted by Gasteiger charge is 2.82. The van der Waals surface area contributed by atoms with Crippen LogP contribution >= 0.6 is 0 Å². The minimum atomic E-state index is -7.46. The summed E-state index contributed by atoms with van der Waals surface area (Å²) in [6, 6.07) is 0. The second-order valence-electron chi connectivity index (χ2n) is 3.36. The van der Waals surface area contributed by atoms with E-state index < -0.39 is 42.7 Å². The predicted molar refractivity (Wildman–Crippen MR) is 39.2 cm³/mol. The van der Waals surface area contributed by atoms with Crippen LogP contribution in [0.15, 0.2) is 11.8 Å². The summed E-state index contributed by atoms with van der Waals surface area (Å²) in [6.45, 7) is -6.61. The second-order valence-corrected chi connectivity index (χ2v) is 3.36. The number of rotatable bonds is 4. The van der Waals surface area contributed by atoms with Crippen LogP contribution in [0.2, 0.25) is 0 Å². The van der Waals surface area contributed by atoms with Crippen molar-refractivity contribution in [3.63, 3.8) is 0 Å². The molecule has 0 aliphatic carbocycles. The molecule has 0 nitrogen and oxygen atoms in total. The van der Waals surface area contributed by atoms with Crippen LogP contribution in [0.4, 0.5) is 56.9 Å². The first kappa shape index (κ1) is 18.9. The number of halogens is 13. The van der Waals surface area contributed by atoms with Crippen molar-refractivity contribution in [1.82, 2.24) is 0 Å². The van der Waals surface area contributed by atoms with Gasteiger partial charge in [0, 0.05) is 0 Å². The first-order chi connectivity index (χ1) is 8.38. The molecule has 0 aromatic rings. The summed E-state index contributed by atoms with van der Waals surface area (Å²) in [5.74, 6) is -28.2. The van der Waals surface area contributed by atoms with Crippen molar-refractivity contribution in [2.75, 3.05) is 0 Å². The summed E-state index contributed by atoms with van der Waals surface area (Å²) >= 11 is 0. The molecule has 0 aliphatic rings. The second kappa shape index (κ2) is 4.72. The van der Waals surface area contributed by atoms with Gasteiger partial charge in [-0.1, -0.05) is 0 Å². The summed E-state index contributed by atoms with van der Waals surface area (Å²) < 4.78 is 156. The highest BCUT2D eigenvalue weighted by molar-refractivity contribution is 6.64. The fourth-order valence-electron chi connectivity index (χ4n) is 0.796. The molecule has 0 N–H and O–H groups in total. The van der Waals surface area contributed by atoms with E-state index in [1.807, 2.05) is 0 Å². The smallest absolute Gasteiger partial charge is 0.445 e. The fourth-order valence-corrected chi connectivity index (χ4v) is 0.796. The van der Waals surface area contributed by atoms with Gasteiger partial charge in [-0.05, 0) is 0 Å². The lowest BCUT2D eigenvalue weighted by Crippen LogP contribution is -2.61. The first-order valence-corrected chi connectivity index (χ1v) is 4.17. The molecule has 0 heterocycles. The molecule has 14 heteroatoms. The molecule has 0 fully saturated rings. The molecule has 0 saturated heterocycles. The monoisotopic (exact) mass is 331 g/mol. The third-order valence-corrected chi connectivity index (χ3v) is 1.78. The minimum absolute atomic E-state index is 2.08. The standard InChI is InChI=1S/C6HBF13/c8-2(1-7(18,19)20)3(9,10)4(11,12)5(13,14)6(15,16)17/h1H/q-1/b2-1+. The van der Waals surface area contributed by atoms with E-state index in [2.05, 4.69) is 0 Å². The summed E-state index contributed by atoms with van der Waals surface area (Å²) in [7, 11) is 0. The van der Waals surface area contributed by atoms with Crippen LogP contribution in [0.25, 0.3) is 0 Å². The molecule has 120 valence electrons. The van der Waals surface area contributed by atoms with E-state index in [4.69, 9.17) is 0 Å². The average molecular weight is 331 g/mol. The van der Waals surface area contributed by atoms with E-state index in [1.54, 1.807) is 0 Å². The van der Waals surface area contributed by atoms with Gasteiger partial charge in [0.25, 0.3) is 0 Å². The molecule has 0 aromatic carbocycles. The summed E-state index contributed by atoms with van der Waals surface area (Å²) in [5, 5.41) is 0. The third-order valence-electron chi connectivity index (χ3n) is 1.78. The van der Waals surface area contributed by atoms with Gasteiger partial charge in [0.05, 0.1) is 0 Å². The highest BCUT2D eigenvalue weighted by atomic mass is 19.4.